The number of imidazole rings is 1. The van der Waals surface area contributed by atoms with Crippen molar-refractivity contribution in [2.75, 3.05) is 65.7 Å². The standard InChI is InChI=1S/C96H133N17O31/c1-96(2,3)80(119)15-10-39-143-41-42-144-40-35-100-81(120)26-18-59-16-24-76(115)64(43-59)53-111(56-87(130)131)37-38-112(57-88(132)133)54-65-44-60(17-25-77(65)116)19-27-82(121)102-52-69-55-113(110-109-69)36-7-5-13-70(114)46-61(20-28-83(122)123)89(134)106-75(50-67-12-9-34-99-67)92(137)104-71(22-30-85(126)127)79(118)48-63(45-68-51-97-58-103-68)78(117)47-62(21-29-84(124)125)90(135)105-74(49-66-11-8-33-98-66)91(136)101-32-6-4-14-72(93(138)139)107-95(142)108-73(94(140)141)23-31-86(128)129/h11-12,16-17,24-25,33-34,43-44,51,55,58,61-63,71-75,115-116H,4-10,13-15,18-23,26-32,35-42,45-50,52-54,56-57H2,1-3H3,(H,97,103)(H,100,120)(H,101,136)(H,102,121)(H,104,137)(H,105,135)(H,106,134)(H,122,123)(H,124,125)(H,126,127)(H,128,129)(H,130,131)(H,132,133)(H,138,139)(H,140,141)(H2,107,108,142). The largest absolute Gasteiger partial charge is 0.508 e. The fourth-order valence-electron chi connectivity index (χ4n) is 15.4. The summed E-state index contributed by atoms with van der Waals surface area (Å²) < 4.78 is 12.6. The fraction of sp³-hybridized carbons (Fsp3) is 0.562. The van der Waals surface area contributed by atoms with E-state index in [1.54, 1.807) is 42.6 Å². The minimum Gasteiger partial charge on any atom is -0.508 e. The lowest BCUT2D eigenvalue weighted by atomic mass is 9.84. The molecular weight excluding hydrogens is 1890 g/mol. The Morgan fingerprint density at radius 1 is 0.465 bits per heavy atom. The molecule has 0 saturated heterocycles. The number of aromatic hydroxyl groups is 2. The maximum Gasteiger partial charge on any atom is 0.326 e. The number of amides is 8. The van der Waals surface area contributed by atoms with Crippen molar-refractivity contribution in [3.8, 4) is 11.5 Å². The molecular formula is C96H133N17O31. The smallest absolute Gasteiger partial charge is 0.326 e. The van der Waals surface area contributed by atoms with Gasteiger partial charge in [0.15, 0.2) is 5.78 Å². The lowest BCUT2D eigenvalue weighted by Gasteiger charge is -2.26. The number of Topliss-reactive ketones (excluding diaryl/α,β-unsaturated/α-hetero) is 4. The number of ether oxygens (including phenoxy) is 2. The monoisotopic (exact) mass is 2020 g/mol. The number of H-pyrrole nitrogens is 1. The maximum atomic E-state index is 14.8. The molecule has 8 unspecified atom stereocenters. The van der Waals surface area contributed by atoms with Crippen molar-refractivity contribution < 1.29 is 152 Å². The molecule has 0 aliphatic carbocycles. The van der Waals surface area contributed by atoms with E-state index in [4.69, 9.17) is 14.6 Å². The predicted octanol–water partition coefficient (Wildman–Crippen LogP) is 3.65. The van der Waals surface area contributed by atoms with E-state index < -0.39 is 225 Å². The number of aryl methyl sites for hydroxylation is 3. The van der Waals surface area contributed by atoms with Crippen LogP contribution in [0.3, 0.4) is 0 Å². The summed E-state index contributed by atoms with van der Waals surface area (Å²) in [6, 6.07) is 0.255. The number of hydrogen-bond donors (Lipinski definition) is 19. The van der Waals surface area contributed by atoms with Crippen LogP contribution in [-0.4, -0.2) is 307 Å². The van der Waals surface area contributed by atoms with Gasteiger partial charge < -0.3 is 108 Å². The molecule has 2 aromatic heterocycles. The van der Waals surface area contributed by atoms with Crippen molar-refractivity contribution in [1.82, 2.24) is 77.3 Å². The van der Waals surface area contributed by atoms with E-state index >= 15 is 0 Å². The third-order valence-electron chi connectivity index (χ3n) is 23.4. The molecule has 4 heterocycles. The zero-order valence-electron chi connectivity index (χ0n) is 80.9. The summed E-state index contributed by atoms with van der Waals surface area (Å²) in [4.78, 5) is 265. The van der Waals surface area contributed by atoms with E-state index in [1.165, 1.54) is 51.6 Å². The van der Waals surface area contributed by atoms with E-state index in [2.05, 4.69) is 67.5 Å². The summed E-state index contributed by atoms with van der Waals surface area (Å²) >= 11 is 0. The number of phenols is 2. The highest BCUT2D eigenvalue weighted by molar-refractivity contribution is 5.98. The molecule has 0 radical (unpaired) electrons. The first-order valence-corrected chi connectivity index (χ1v) is 47.6. The summed E-state index contributed by atoms with van der Waals surface area (Å²) in [5.74, 6) is -21.8. The lowest BCUT2D eigenvalue weighted by molar-refractivity contribution is -0.141. The number of aliphatic imine (C=N–C) groups is 2. The Morgan fingerprint density at radius 3 is 1.49 bits per heavy atom. The van der Waals surface area contributed by atoms with Gasteiger partial charge in [0.2, 0.25) is 35.4 Å². The highest BCUT2D eigenvalue weighted by Crippen LogP contribution is 2.29. The summed E-state index contributed by atoms with van der Waals surface area (Å²) in [6.45, 7) is 6.15. The first kappa shape index (κ1) is 118. The number of carboxylic acid groups (broad SMARTS) is 8. The number of benzene rings is 2. The number of unbranched alkanes of at least 4 members (excludes halogenated alkanes) is 2. The first-order chi connectivity index (χ1) is 68.4. The molecule has 8 atom stereocenters. The molecule has 144 heavy (non-hydrogen) atoms. The van der Waals surface area contributed by atoms with Gasteiger partial charge >= 0.3 is 53.8 Å². The van der Waals surface area contributed by atoms with Gasteiger partial charge in [-0.15, -0.1) is 5.10 Å². The topological polar surface area (TPSA) is 732 Å². The summed E-state index contributed by atoms with van der Waals surface area (Å²) in [5, 5.41) is 128. The first-order valence-electron chi connectivity index (χ1n) is 47.6. The van der Waals surface area contributed by atoms with Crippen LogP contribution in [-0.2, 0) is 141 Å². The van der Waals surface area contributed by atoms with E-state index in [9.17, 15) is 137 Å². The van der Waals surface area contributed by atoms with Crippen LogP contribution in [0.1, 0.15) is 215 Å². The quantitative estimate of drug-likeness (QED) is 0.0280. The Labute approximate surface area is 829 Å². The Morgan fingerprint density at radius 2 is 0.972 bits per heavy atom. The number of carboxylic acids is 8. The summed E-state index contributed by atoms with van der Waals surface area (Å²) in [7, 11) is 0. The van der Waals surface area contributed by atoms with Crippen LogP contribution in [0.5, 0.6) is 11.5 Å². The maximum absolute atomic E-state index is 14.8. The number of urea groups is 1. The lowest BCUT2D eigenvalue weighted by Crippen LogP contribution is -2.53. The van der Waals surface area contributed by atoms with Crippen LogP contribution in [0.4, 0.5) is 4.79 Å². The highest BCUT2D eigenvalue weighted by atomic mass is 16.5. The molecule has 4 aromatic rings. The minimum absolute atomic E-state index is 0.00112. The Kier molecular flexibility index (Phi) is 51.6. The van der Waals surface area contributed by atoms with Crippen LogP contribution in [0, 0.1) is 23.2 Å². The molecule has 0 fully saturated rings. The number of carbonyl (C=O) groups is 19. The van der Waals surface area contributed by atoms with Crippen molar-refractivity contribution in [1.29, 1.82) is 0 Å². The third kappa shape index (κ3) is 47.4. The summed E-state index contributed by atoms with van der Waals surface area (Å²) in [6.07, 6.45) is 5.89. The number of aromatic amines is 1. The second-order valence-electron chi connectivity index (χ2n) is 36.1. The van der Waals surface area contributed by atoms with Crippen LogP contribution in [0.25, 0.3) is 0 Å². The van der Waals surface area contributed by atoms with Crippen molar-refractivity contribution in [2.45, 2.75) is 257 Å². The minimum atomic E-state index is -1.70. The van der Waals surface area contributed by atoms with Crippen LogP contribution >= 0.6 is 0 Å². The van der Waals surface area contributed by atoms with E-state index in [1.807, 2.05) is 26.1 Å². The van der Waals surface area contributed by atoms with E-state index in [0.29, 0.717) is 97.7 Å². The molecule has 48 nitrogen and oxygen atoms in total. The Balaban J connectivity index is 1.00. The van der Waals surface area contributed by atoms with Gasteiger partial charge in [-0.25, -0.2) is 19.4 Å². The van der Waals surface area contributed by atoms with Gasteiger partial charge in [0.25, 0.3) is 0 Å². The molecule has 2 aromatic carbocycles. The molecule has 0 bridgehead atoms. The van der Waals surface area contributed by atoms with Gasteiger partial charge in [-0.3, -0.25) is 101 Å². The molecule has 2 aliphatic heterocycles. The van der Waals surface area contributed by atoms with Crippen molar-refractivity contribution in [3.63, 3.8) is 0 Å². The second kappa shape index (κ2) is 62.8. The Hall–Kier alpha value is -14.4. The normalized spacial score (nSPS) is 13.8. The predicted molar refractivity (Wildman–Crippen MR) is 511 cm³/mol. The van der Waals surface area contributed by atoms with Gasteiger partial charge in [-0.2, -0.15) is 0 Å². The number of aliphatic carboxylic acids is 8. The number of rotatable bonds is 76. The molecule has 0 saturated carbocycles. The second-order valence-corrected chi connectivity index (χ2v) is 36.1. The number of hydrogen-bond acceptors (Lipinski definition) is 30. The van der Waals surface area contributed by atoms with Crippen LogP contribution in [0.2, 0.25) is 0 Å². The number of nitrogens with one attached hydrogen (secondary N) is 9. The summed E-state index contributed by atoms with van der Waals surface area (Å²) in [5.41, 5.74) is 2.86. The third-order valence-corrected chi connectivity index (χ3v) is 23.4. The number of nitrogens with zero attached hydrogens (tertiary/aromatic N) is 8. The van der Waals surface area contributed by atoms with E-state index in [0.717, 1.165) is 0 Å². The Bertz CT molecular complexity index is 5180. The number of aromatic nitrogens is 5. The highest BCUT2D eigenvalue weighted by Gasteiger charge is 2.37. The SMILES string of the molecule is CC(C)(C)C(=O)CCCOCCOCCNC(=O)CCc1ccc(O)c(CN(CCN(CC(=O)O)Cc2cc(CCC(=O)NCc3cn(CCCCC(=O)CC(CCC(=O)O)C(=O)NC(CC4=CCC=N4)C(=O)NC(CCC(=O)O)C(=O)CC(Cc4c[nH]cn4)C(=O)CC(CCC(=O)O)C(=O)NC(CC4=CCC=N4)C(=O)NCCCCC(NC(=O)NC(CCC(=O)O)C(=O)O)C(=O)O)nn3)ccc2O)CC(=O)O)c1. The molecule has 48 heteroatoms. The van der Waals surface area contributed by atoms with Gasteiger partial charge in [0.05, 0.1) is 63.7 Å². The van der Waals surface area contributed by atoms with Crippen LogP contribution < -0.4 is 42.5 Å². The van der Waals surface area contributed by atoms with Gasteiger partial charge in [0, 0.05) is 219 Å². The van der Waals surface area contributed by atoms with Crippen molar-refractivity contribution in [3.05, 3.63) is 112 Å². The molecule has 788 valence electrons. The molecule has 19 N–H and O–H groups in total. The zero-order valence-corrected chi connectivity index (χ0v) is 80.9. The van der Waals surface area contributed by atoms with Gasteiger partial charge in [0.1, 0.15) is 58.7 Å². The number of allylic oxidation sites excluding steroid dienone is 2. The number of phenolic OH excluding ortho intramolecular Hbond substituents is 2. The zero-order chi connectivity index (χ0) is 106. The average Bonchev–Trinajstić information content (AvgIpc) is 1.28. The fourth-order valence-corrected chi connectivity index (χ4v) is 15.4. The van der Waals surface area contributed by atoms with Crippen molar-refractivity contribution >= 4 is 125 Å². The molecule has 0 spiro atoms. The van der Waals surface area contributed by atoms with Gasteiger partial charge in [-0.1, -0.05) is 62.4 Å². The molecule has 2 aliphatic rings. The number of carbonyl (C=O) groups excluding carboxylic acids is 11. The molecule has 6 rings (SSSR count). The van der Waals surface area contributed by atoms with Crippen LogP contribution in [0.15, 0.2) is 88.7 Å². The average molecular weight is 2020 g/mol. The number of ketones is 4. The van der Waals surface area contributed by atoms with Gasteiger partial charge in [-0.05, 0) is 100 Å². The molecule has 8 amide bonds. The van der Waals surface area contributed by atoms with Crippen molar-refractivity contribution in [2.24, 2.45) is 33.2 Å². The van der Waals surface area contributed by atoms with E-state index in [-0.39, 0.29) is 171 Å².